The van der Waals surface area contributed by atoms with Gasteiger partial charge >= 0.3 is 0 Å². The van der Waals surface area contributed by atoms with Crippen LogP contribution in [0.3, 0.4) is 0 Å². The van der Waals surface area contributed by atoms with E-state index in [1.165, 1.54) is 18.2 Å². The van der Waals surface area contributed by atoms with E-state index in [-0.39, 0.29) is 16.7 Å². The Morgan fingerprint density at radius 1 is 1.05 bits per heavy atom. The molecular weight excluding hydrogens is 282 g/mol. The fraction of sp³-hybridized carbons (Fsp3) is 0.118. The van der Waals surface area contributed by atoms with Gasteiger partial charge in [0.25, 0.3) is 11.8 Å². The predicted molar refractivity (Wildman–Crippen MR) is 77.7 cm³/mol. The molecule has 0 aliphatic carbocycles. The number of hydrogen-bond acceptors (Lipinski definition) is 4. The number of carbonyl (C=O) groups excluding carboxylic acids is 3. The highest BCUT2D eigenvalue weighted by atomic mass is 16.4. The Labute approximate surface area is 126 Å². The van der Waals surface area contributed by atoms with Crippen molar-refractivity contribution in [1.82, 2.24) is 0 Å². The molecule has 0 saturated heterocycles. The van der Waals surface area contributed by atoms with Gasteiger partial charge in [0.15, 0.2) is 0 Å². The van der Waals surface area contributed by atoms with E-state index in [1.54, 1.807) is 12.1 Å². The maximum atomic E-state index is 12.5. The molecule has 0 atom stereocenters. The van der Waals surface area contributed by atoms with E-state index < -0.39 is 17.8 Å². The number of rotatable bonds is 3. The molecule has 2 amide bonds. The molecule has 5 heteroatoms. The summed E-state index contributed by atoms with van der Waals surface area (Å²) in [6.07, 6.45) is 0.674. The van der Waals surface area contributed by atoms with Crippen molar-refractivity contribution >= 4 is 23.5 Å². The van der Waals surface area contributed by atoms with Gasteiger partial charge in [-0.25, -0.2) is 4.90 Å². The summed E-state index contributed by atoms with van der Waals surface area (Å²) in [4.78, 5) is 37.1. The van der Waals surface area contributed by atoms with Crippen molar-refractivity contribution in [2.75, 3.05) is 4.90 Å². The van der Waals surface area contributed by atoms with E-state index in [4.69, 9.17) is 0 Å². The van der Waals surface area contributed by atoms with Crippen LogP contribution < -0.4 is 10.0 Å². The molecule has 0 aromatic heterocycles. The Kier molecular flexibility index (Phi) is 3.25. The third-order valence-electron chi connectivity index (χ3n) is 3.74. The molecule has 3 rings (SSSR count). The van der Waals surface area contributed by atoms with E-state index in [9.17, 15) is 19.5 Å². The number of hydrogen-bond donors (Lipinski definition) is 0. The summed E-state index contributed by atoms with van der Waals surface area (Å²) in [5, 5.41) is 10.9. The molecule has 1 aliphatic heterocycles. The van der Waals surface area contributed by atoms with Gasteiger partial charge < -0.3 is 9.90 Å². The van der Waals surface area contributed by atoms with Crippen LogP contribution in [0, 0.1) is 0 Å². The van der Waals surface area contributed by atoms with Gasteiger partial charge in [-0.05, 0) is 35.7 Å². The van der Waals surface area contributed by atoms with Crippen LogP contribution >= 0.6 is 0 Å². The number of imide groups is 1. The Morgan fingerprint density at radius 3 is 2.41 bits per heavy atom. The fourth-order valence-electron chi connectivity index (χ4n) is 2.61. The standard InChI is InChI=1S/C17H13NO4/c1-2-10-5-3-4-6-14(10)18-15(19)12-8-7-11(17(21)22)9-13(12)16(18)20/h3-9H,2H2,1H3,(H,21,22)/p-1. The first-order valence-electron chi connectivity index (χ1n) is 6.86. The van der Waals surface area contributed by atoms with Crippen LogP contribution in [0.4, 0.5) is 5.69 Å². The van der Waals surface area contributed by atoms with Crippen molar-refractivity contribution < 1.29 is 19.5 Å². The second-order valence-electron chi connectivity index (χ2n) is 4.98. The van der Waals surface area contributed by atoms with Gasteiger partial charge in [0.1, 0.15) is 0 Å². The van der Waals surface area contributed by atoms with Gasteiger partial charge in [0, 0.05) is 0 Å². The number of anilines is 1. The lowest BCUT2D eigenvalue weighted by molar-refractivity contribution is -0.255. The largest absolute Gasteiger partial charge is 0.545 e. The van der Waals surface area contributed by atoms with Gasteiger partial charge in [-0.3, -0.25) is 9.59 Å². The van der Waals surface area contributed by atoms with Gasteiger partial charge in [0.2, 0.25) is 0 Å². The highest BCUT2D eigenvalue weighted by Crippen LogP contribution is 2.31. The topological polar surface area (TPSA) is 77.5 Å². The van der Waals surface area contributed by atoms with Crippen molar-refractivity contribution in [2.45, 2.75) is 13.3 Å². The molecule has 22 heavy (non-hydrogen) atoms. The molecule has 1 aliphatic rings. The summed E-state index contributed by atoms with van der Waals surface area (Å²) >= 11 is 0. The molecule has 0 unspecified atom stereocenters. The lowest BCUT2D eigenvalue weighted by Crippen LogP contribution is -2.30. The molecule has 1 heterocycles. The maximum Gasteiger partial charge on any atom is 0.266 e. The molecule has 0 saturated carbocycles. The molecule has 0 spiro atoms. The normalized spacial score (nSPS) is 13.4. The zero-order valence-corrected chi connectivity index (χ0v) is 11.8. The third kappa shape index (κ3) is 1.98. The summed E-state index contributed by atoms with van der Waals surface area (Å²) in [6, 6.07) is 11.0. The van der Waals surface area contributed by atoms with Crippen molar-refractivity contribution in [3.63, 3.8) is 0 Å². The number of carbonyl (C=O) groups is 3. The smallest absolute Gasteiger partial charge is 0.266 e. The molecule has 0 N–H and O–H groups in total. The number of carboxylic acid groups (broad SMARTS) is 1. The number of fused-ring (bicyclic) bond motifs is 1. The van der Waals surface area contributed by atoms with Crippen LogP contribution in [0.2, 0.25) is 0 Å². The Morgan fingerprint density at radius 2 is 1.73 bits per heavy atom. The van der Waals surface area contributed by atoms with Gasteiger partial charge in [-0.2, -0.15) is 0 Å². The molecule has 0 radical (unpaired) electrons. The number of carboxylic acids is 1. The first-order chi connectivity index (χ1) is 10.5. The average molecular weight is 294 g/mol. The summed E-state index contributed by atoms with van der Waals surface area (Å²) in [6.45, 7) is 1.94. The zero-order valence-electron chi connectivity index (χ0n) is 11.8. The molecule has 5 nitrogen and oxygen atoms in total. The SMILES string of the molecule is CCc1ccccc1N1C(=O)c2ccc(C(=O)[O-])cc2C1=O. The lowest BCUT2D eigenvalue weighted by Gasteiger charge is -2.17. The van der Waals surface area contributed by atoms with Crippen molar-refractivity contribution in [2.24, 2.45) is 0 Å². The van der Waals surface area contributed by atoms with Crippen LogP contribution in [0.25, 0.3) is 0 Å². The van der Waals surface area contributed by atoms with Crippen molar-refractivity contribution in [3.8, 4) is 0 Å². The number of aromatic carboxylic acids is 1. The minimum Gasteiger partial charge on any atom is -0.545 e. The Balaban J connectivity index is 2.12. The average Bonchev–Trinajstić information content (AvgIpc) is 2.78. The summed E-state index contributed by atoms with van der Waals surface area (Å²) in [5.41, 5.74) is 1.59. The van der Waals surface area contributed by atoms with E-state index in [2.05, 4.69) is 0 Å². The van der Waals surface area contributed by atoms with Crippen LogP contribution in [-0.2, 0) is 6.42 Å². The zero-order chi connectivity index (χ0) is 15.9. The number of benzene rings is 2. The summed E-state index contributed by atoms with van der Waals surface area (Å²) < 4.78 is 0. The fourth-order valence-corrected chi connectivity index (χ4v) is 2.61. The predicted octanol–water partition coefficient (Wildman–Crippen LogP) is 1.41. The Hall–Kier alpha value is -2.95. The molecule has 2 aromatic carbocycles. The van der Waals surface area contributed by atoms with E-state index in [0.29, 0.717) is 12.1 Å². The summed E-state index contributed by atoms with van der Waals surface area (Å²) in [5.74, 6) is -2.33. The van der Waals surface area contributed by atoms with Gasteiger partial charge in [-0.1, -0.05) is 31.2 Å². The van der Waals surface area contributed by atoms with Crippen LogP contribution in [0.15, 0.2) is 42.5 Å². The van der Waals surface area contributed by atoms with Crippen molar-refractivity contribution in [3.05, 3.63) is 64.7 Å². The Bertz CT molecular complexity index is 810. The van der Waals surface area contributed by atoms with Gasteiger partial charge in [-0.15, -0.1) is 0 Å². The van der Waals surface area contributed by atoms with Crippen LogP contribution in [-0.4, -0.2) is 17.8 Å². The number of aryl methyl sites for hydroxylation is 1. The molecule has 0 fully saturated rings. The number of para-hydroxylation sites is 1. The van der Waals surface area contributed by atoms with E-state index in [1.807, 2.05) is 19.1 Å². The van der Waals surface area contributed by atoms with Crippen molar-refractivity contribution in [1.29, 1.82) is 0 Å². The van der Waals surface area contributed by atoms with Crippen LogP contribution in [0.1, 0.15) is 43.6 Å². The first kappa shape index (κ1) is 14.0. The van der Waals surface area contributed by atoms with Crippen LogP contribution in [0.5, 0.6) is 0 Å². The minimum absolute atomic E-state index is 0.0950. The maximum absolute atomic E-state index is 12.5. The summed E-state index contributed by atoms with van der Waals surface area (Å²) in [7, 11) is 0. The number of amides is 2. The second kappa shape index (κ2) is 5.11. The highest BCUT2D eigenvalue weighted by molar-refractivity contribution is 6.34. The quantitative estimate of drug-likeness (QED) is 0.802. The molecule has 0 bridgehead atoms. The van der Waals surface area contributed by atoms with E-state index >= 15 is 0 Å². The third-order valence-corrected chi connectivity index (χ3v) is 3.74. The molecule has 2 aromatic rings. The highest BCUT2D eigenvalue weighted by Gasteiger charge is 2.37. The molecular formula is C17H12NO4-. The number of nitrogens with zero attached hydrogens (tertiary/aromatic N) is 1. The molecule has 110 valence electrons. The lowest BCUT2D eigenvalue weighted by atomic mass is 10.1. The first-order valence-corrected chi connectivity index (χ1v) is 6.86. The second-order valence-corrected chi connectivity index (χ2v) is 4.98. The minimum atomic E-state index is -1.38. The van der Waals surface area contributed by atoms with Gasteiger partial charge in [0.05, 0.1) is 22.8 Å². The monoisotopic (exact) mass is 294 g/mol. The van der Waals surface area contributed by atoms with E-state index in [0.717, 1.165) is 10.5 Å².